The molecule has 0 fully saturated rings. The number of benzene rings is 2. The van der Waals surface area contributed by atoms with E-state index in [2.05, 4.69) is 97.0 Å². The molecule has 1 radical (unpaired) electrons. The van der Waals surface area contributed by atoms with Crippen molar-refractivity contribution in [2.45, 2.75) is 167 Å². The van der Waals surface area contributed by atoms with Crippen LogP contribution < -0.4 is 0 Å². The molecule has 0 aliphatic heterocycles. The van der Waals surface area contributed by atoms with E-state index in [0.29, 0.717) is 0 Å². The van der Waals surface area contributed by atoms with Crippen LogP contribution in [0, 0.1) is 42.0 Å². The van der Waals surface area contributed by atoms with Gasteiger partial charge < -0.3 is 14.4 Å². The third-order valence-corrected chi connectivity index (χ3v) is 3.64. The van der Waals surface area contributed by atoms with Gasteiger partial charge in [0, 0.05) is 32.7 Å². The van der Waals surface area contributed by atoms with Gasteiger partial charge in [-0.3, -0.25) is 0 Å². The Morgan fingerprint density at radius 2 is 0.564 bits per heavy atom. The molecule has 0 saturated carbocycles. The molecule has 1 heteroatoms. The molecular weight excluding hydrogens is 545 g/mol. The number of hydrogen-bond acceptors (Lipinski definition) is 0. The van der Waals surface area contributed by atoms with Gasteiger partial charge in [-0.15, -0.1) is 0 Å². The first-order valence-electron chi connectivity index (χ1n) is 12.3. The maximum atomic E-state index is 3.49. The average molecular weight is 632 g/mol. The zero-order chi connectivity index (χ0) is 24.2. The molecule has 2 rings (SSSR count). The molecule has 0 saturated heterocycles. The number of rotatable bonds is 4. The van der Waals surface area contributed by atoms with Gasteiger partial charge in [0.1, 0.15) is 0 Å². The number of unbranched alkanes of at least 4 members (excludes halogenated alkanes) is 4. The molecule has 0 bridgehead atoms. The summed E-state index contributed by atoms with van der Waals surface area (Å²) in [6.45, 7) is 26.4. The molecule has 0 unspecified atom stereocenters. The summed E-state index contributed by atoms with van der Waals surface area (Å²) in [5.74, 6) is 0. The monoisotopic (exact) mass is 632 g/mol. The van der Waals surface area contributed by atoms with Gasteiger partial charge >= 0.3 is 0 Å². The second kappa shape index (κ2) is 76.8. The first-order valence-corrected chi connectivity index (χ1v) is 12.3. The molecule has 0 heterocycles. The molecule has 0 nitrogen and oxygen atoms in total. The Morgan fingerprint density at radius 1 is 0.436 bits per heavy atom. The van der Waals surface area contributed by atoms with Crippen molar-refractivity contribution in [1.82, 2.24) is 0 Å². The summed E-state index contributed by atoms with van der Waals surface area (Å²) >= 11 is 0. The Kier molecular flexibility index (Phi) is 164. The molecule has 0 amide bonds. The van der Waals surface area contributed by atoms with Gasteiger partial charge in [-0.25, -0.2) is 0 Å². The minimum absolute atomic E-state index is 0. The van der Waals surface area contributed by atoms with Crippen LogP contribution in [0.3, 0.4) is 0 Å². The molecule has 0 N–H and O–H groups in total. The maximum absolute atomic E-state index is 3.49. The van der Waals surface area contributed by atoms with Crippen molar-refractivity contribution in [3.63, 3.8) is 0 Å². The third kappa shape index (κ3) is 85.6. The van der Waals surface area contributed by atoms with Crippen LogP contribution in [0.1, 0.15) is 161 Å². The van der Waals surface area contributed by atoms with Crippen LogP contribution in [0.4, 0.5) is 0 Å². The van der Waals surface area contributed by atoms with Gasteiger partial charge in [-0.05, 0) is 27.7 Å². The van der Waals surface area contributed by atoms with Crippen LogP contribution in [0.25, 0.3) is 0 Å². The predicted molar refractivity (Wildman–Crippen MR) is 198 cm³/mol. The Balaban J connectivity index is -0.0000000192. The molecule has 0 aliphatic rings. The Hall–Kier alpha value is -0.456. The van der Waals surface area contributed by atoms with Crippen molar-refractivity contribution in [1.29, 1.82) is 0 Å². The van der Waals surface area contributed by atoms with Crippen molar-refractivity contribution < 1.29 is 32.7 Å². The summed E-state index contributed by atoms with van der Waals surface area (Å²) in [6, 6.07) is 17.0. The first-order chi connectivity index (χ1) is 14.4. The smallest absolute Gasteiger partial charge is 0 e. The van der Waals surface area contributed by atoms with E-state index in [1.165, 1.54) is 54.4 Å². The van der Waals surface area contributed by atoms with Gasteiger partial charge in [0.05, 0.1) is 0 Å². The van der Waals surface area contributed by atoms with Crippen molar-refractivity contribution in [2.75, 3.05) is 0 Å². The van der Waals surface area contributed by atoms with Crippen LogP contribution in [-0.2, 0) is 32.7 Å². The first kappa shape index (κ1) is 83.3. The van der Waals surface area contributed by atoms with E-state index < -0.39 is 0 Å². The largest absolute Gasteiger partial charge is 0.358 e. The van der Waals surface area contributed by atoms with E-state index in [9.17, 15) is 0 Å². The van der Waals surface area contributed by atoms with Crippen molar-refractivity contribution in [3.05, 3.63) is 85.1 Å². The zero-order valence-electron chi connectivity index (χ0n) is 24.1. The fourth-order valence-electron chi connectivity index (χ4n) is 1.95. The standard InChI is InChI=1S/2C8H10.C7H16.C3H7.2C2H6.7CH4.CH3.Y/c2*1-7-3-5-8(2)6-4-7;1-3-5-7-6-4-2;1-3-2;2*1-2;;;;;;;;;/h2*3-6H,1-2H3;3-7H2,1-2H3;1,3H2,2H3;2*1-2H3;7*1H4;1H3;/q;;;-1;;;;;;;;;;-1;. The average Bonchev–Trinajstić information content (AvgIpc) is 2.77. The minimum Gasteiger partial charge on any atom is -0.358 e. The van der Waals surface area contributed by atoms with Gasteiger partial charge in [0.15, 0.2) is 0 Å². The fourth-order valence-corrected chi connectivity index (χ4v) is 1.95. The van der Waals surface area contributed by atoms with E-state index in [1.807, 2.05) is 34.6 Å². The summed E-state index contributed by atoms with van der Waals surface area (Å²) in [5, 5.41) is 0. The molecule has 0 aliphatic carbocycles. The third-order valence-electron chi connectivity index (χ3n) is 3.64. The van der Waals surface area contributed by atoms with E-state index >= 15 is 0 Å². The molecular formula is C38H86Y-2. The normalized spacial score (nSPS) is 6.26. The molecule has 243 valence electrons. The topological polar surface area (TPSA) is 0 Å². The van der Waals surface area contributed by atoms with Crippen LogP contribution in [-0.4, -0.2) is 0 Å². The molecule has 2 aromatic carbocycles. The summed E-state index contributed by atoms with van der Waals surface area (Å²) < 4.78 is 0. The minimum atomic E-state index is 0. The summed E-state index contributed by atoms with van der Waals surface area (Å²) in [7, 11) is 0. The van der Waals surface area contributed by atoms with E-state index in [-0.39, 0.29) is 92.1 Å². The Morgan fingerprint density at radius 3 is 0.667 bits per heavy atom. The van der Waals surface area contributed by atoms with Crippen LogP contribution in [0.5, 0.6) is 0 Å². The zero-order valence-corrected chi connectivity index (χ0v) is 27.0. The number of hydrogen-bond donors (Lipinski definition) is 0. The SMILES string of the molecule is C.C.C.C.C.C.C.CC.CC.CCCCCCC.Cc1ccc(C)cc1.Cc1ccc(C)cc1.[CH2-]CC.[CH3-].[Y]. The van der Waals surface area contributed by atoms with Crippen LogP contribution in [0.2, 0.25) is 0 Å². The van der Waals surface area contributed by atoms with Gasteiger partial charge in [0.2, 0.25) is 0 Å². The van der Waals surface area contributed by atoms with E-state index in [0.717, 1.165) is 6.42 Å². The second-order valence-electron chi connectivity index (χ2n) is 6.87. The second-order valence-corrected chi connectivity index (χ2v) is 6.87. The Bertz CT molecular complexity index is 408. The fraction of sp³-hybridized carbons (Fsp3) is 0.632. The number of aryl methyl sites for hydroxylation is 4. The van der Waals surface area contributed by atoms with Crippen molar-refractivity contribution in [3.8, 4) is 0 Å². The Labute approximate surface area is 282 Å². The summed E-state index contributed by atoms with van der Waals surface area (Å²) in [6.07, 6.45) is 8.01. The quantitative estimate of drug-likeness (QED) is 0.233. The van der Waals surface area contributed by atoms with Crippen LogP contribution >= 0.6 is 0 Å². The van der Waals surface area contributed by atoms with Crippen LogP contribution in [0.15, 0.2) is 48.5 Å². The van der Waals surface area contributed by atoms with Gasteiger partial charge in [-0.2, -0.15) is 6.42 Å². The molecule has 2 aromatic rings. The predicted octanol–water partition coefficient (Wildman–Crippen LogP) is 15.8. The van der Waals surface area contributed by atoms with Crippen molar-refractivity contribution in [2.24, 2.45) is 0 Å². The molecule has 39 heavy (non-hydrogen) atoms. The van der Waals surface area contributed by atoms with Gasteiger partial charge in [-0.1, -0.05) is 203 Å². The summed E-state index contributed by atoms with van der Waals surface area (Å²) in [4.78, 5) is 0. The molecule has 0 atom stereocenters. The van der Waals surface area contributed by atoms with E-state index in [4.69, 9.17) is 0 Å². The maximum Gasteiger partial charge on any atom is 0 e. The molecule has 0 spiro atoms. The summed E-state index contributed by atoms with van der Waals surface area (Å²) in [5.41, 5.74) is 5.32. The van der Waals surface area contributed by atoms with Crippen molar-refractivity contribution >= 4 is 0 Å². The van der Waals surface area contributed by atoms with Gasteiger partial charge in [0.25, 0.3) is 0 Å². The molecule has 0 aromatic heterocycles. The van der Waals surface area contributed by atoms with E-state index in [1.54, 1.807) is 0 Å².